The number of amides is 1. The molecule has 2 saturated heterocycles. The van der Waals surface area contributed by atoms with Gasteiger partial charge in [0.1, 0.15) is 22.9 Å². The largest absolute Gasteiger partial charge is 0.507 e. The van der Waals surface area contributed by atoms with Crippen LogP contribution in [0, 0.1) is 11.6 Å². The van der Waals surface area contributed by atoms with Crippen molar-refractivity contribution in [2.24, 2.45) is 0 Å². The Hall–Kier alpha value is -3.50. The Morgan fingerprint density at radius 3 is 2.51 bits per heavy atom. The summed E-state index contributed by atoms with van der Waals surface area (Å²) in [7, 11) is 2.05. The summed E-state index contributed by atoms with van der Waals surface area (Å²) in [4.78, 5) is 30.0. The summed E-state index contributed by atoms with van der Waals surface area (Å²) < 4.78 is 31.2. The summed E-state index contributed by atoms with van der Waals surface area (Å²) in [6.07, 6.45) is 1.31. The molecule has 11 heteroatoms. The van der Waals surface area contributed by atoms with Crippen LogP contribution >= 0.6 is 11.6 Å². The average Bonchev–Trinajstić information content (AvgIpc) is 2.90. The van der Waals surface area contributed by atoms with Gasteiger partial charge in [-0.2, -0.15) is 4.98 Å². The summed E-state index contributed by atoms with van der Waals surface area (Å²) in [5.41, 5.74) is -0.588. The van der Waals surface area contributed by atoms with E-state index in [-0.39, 0.29) is 47.1 Å². The van der Waals surface area contributed by atoms with Crippen LogP contribution in [0.15, 0.2) is 36.9 Å². The van der Waals surface area contributed by atoms with Crippen molar-refractivity contribution in [2.45, 2.75) is 46.3 Å². The molecule has 0 aliphatic carbocycles. The van der Waals surface area contributed by atoms with Crippen LogP contribution in [-0.2, 0) is 4.79 Å². The first kappa shape index (κ1) is 30.5. The number of fused-ring (bicyclic) bond motifs is 1. The van der Waals surface area contributed by atoms with Gasteiger partial charge in [0, 0.05) is 55.3 Å². The highest BCUT2D eigenvalue weighted by atomic mass is 35.5. The van der Waals surface area contributed by atoms with Crippen molar-refractivity contribution in [3.8, 4) is 16.9 Å². The fourth-order valence-electron chi connectivity index (χ4n) is 5.52. The van der Waals surface area contributed by atoms with Gasteiger partial charge in [-0.05, 0) is 51.7 Å². The van der Waals surface area contributed by atoms with E-state index >= 15 is 4.39 Å². The molecule has 2 aliphatic rings. The number of phenolic OH excluding ortho intramolecular Hbond substituents is 1. The Morgan fingerprint density at radius 2 is 1.88 bits per heavy atom. The maximum atomic E-state index is 16.4. The number of halogens is 3. The SMILES string of the molecule is C.C=CC(=O)N1C[C@H](C)N(c2nc(N3CC(N(C)CC)C3)nc3c(F)c(-c4c(O)cccc4F)c(Cl)cc23)C[C@H]1C. The monoisotopic (exact) mass is 586 g/mol. The molecule has 5 rings (SSSR count). The van der Waals surface area contributed by atoms with Crippen LogP contribution < -0.4 is 9.80 Å². The number of anilines is 2. The first-order valence-corrected chi connectivity index (χ1v) is 13.8. The third kappa shape index (κ3) is 5.30. The summed E-state index contributed by atoms with van der Waals surface area (Å²) in [6, 6.07) is 5.31. The van der Waals surface area contributed by atoms with Gasteiger partial charge in [0.25, 0.3) is 0 Å². The summed E-state index contributed by atoms with van der Waals surface area (Å²) >= 11 is 6.59. The number of aromatic nitrogens is 2. The molecule has 2 fully saturated rings. The molecule has 220 valence electrons. The minimum Gasteiger partial charge on any atom is -0.507 e. The first-order valence-electron chi connectivity index (χ1n) is 13.4. The lowest BCUT2D eigenvalue weighted by molar-refractivity contribution is -0.128. The number of likely N-dealkylation sites (N-methyl/N-ethyl adjacent to an activating group) is 1. The van der Waals surface area contributed by atoms with Gasteiger partial charge in [0.2, 0.25) is 11.9 Å². The Balaban J connectivity index is 0.00000387. The minimum atomic E-state index is -0.836. The lowest BCUT2D eigenvalue weighted by Gasteiger charge is -2.46. The summed E-state index contributed by atoms with van der Waals surface area (Å²) in [5.74, 6) is -1.36. The van der Waals surface area contributed by atoms with Crippen molar-refractivity contribution in [1.82, 2.24) is 19.8 Å². The van der Waals surface area contributed by atoms with Crippen LogP contribution in [0.5, 0.6) is 5.75 Å². The quantitative estimate of drug-likeness (QED) is 0.392. The Bertz CT molecular complexity index is 1460. The van der Waals surface area contributed by atoms with Crippen LogP contribution in [0.4, 0.5) is 20.5 Å². The molecule has 0 radical (unpaired) electrons. The highest BCUT2D eigenvalue weighted by molar-refractivity contribution is 6.34. The second-order valence-corrected chi connectivity index (χ2v) is 11.0. The van der Waals surface area contributed by atoms with Gasteiger partial charge in [-0.25, -0.2) is 13.8 Å². The Morgan fingerprint density at radius 1 is 1.17 bits per heavy atom. The van der Waals surface area contributed by atoms with Crippen molar-refractivity contribution in [2.75, 3.05) is 49.6 Å². The van der Waals surface area contributed by atoms with Gasteiger partial charge in [-0.3, -0.25) is 4.79 Å². The molecule has 3 heterocycles. The van der Waals surface area contributed by atoms with E-state index in [2.05, 4.69) is 30.4 Å². The molecule has 2 aliphatic heterocycles. The molecule has 8 nitrogen and oxygen atoms in total. The molecule has 1 aromatic heterocycles. The van der Waals surface area contributed by atoms with E-state index in [0.29, 0.717) is 49.4 Å². The van der Waals surface area contributed by atoms with Gasteiger partial charge in [-0.15, -0.1) is 0 Å². The van der Waals surface area contributed by atoms with Gasteiger partial charge in [0.15, 0.2) is 5.82 Å². The van der Waals surface area contributed by atoms with Gasteiger partial charge >= 0.3 is 0 Å². The van der Waals surface area contributed by atoms with Crippen molar-refractivity contribution in [3.63, 3.8) is 0 Å². The van der Waals surface area contributed by atoms with E-state index in [0.717, 1.165) is 12.6 Å². The predicted molar refractivity (Wildman–Crippen MR) is 161 cm³/mol. The number of carbonyl (C=O) groups excluding carboxylic acids is 1. The van der Waals surface area contributed by atoms with Gasteiger partial charge < -0.3 is 24.7 Å². The van der Waals surface area contributed by atoms with E-state index in [4.69, 9.17) is 16.6 Å². The number of piperazine rings is 1. The first-order chi connectivity index (χ1) is 19.0. The van der Waals surface area contributed by atoms with E-state index < -0.39 is 17.4 Å². The number of carbonyl (C=O) groups is 1. The Kier molecular flexibility index (Phi) is 8.75. The predicted octanol–water partition coefficient (Wildman–Crippen LogP) is 5.32. The molecule has 2 atom stereocenters. The van der Waals surface area contributed by atoms with E-state index in [1.807, 2.05) is 23.6 Å². The molecular weight excluding hydrogens is 550 g/mol. The molecule has 0 unspecified atom stereocenters. The third-order valence-corrected chi connectivity index (χ3v) is 8.37. The van der Waals surface area contributed by atoms with Crippen molar-refractivity contribution < 1.29 is 18.7 Å². The fourth-order valence-corrected chi connectivity index (χ4v) is 5.81. The van der Waals surface area contributed by atoms with E-state index in [1.54, 1.807) is 4.90 Å². The number of phenols is 1. The molecule has 0 bridgehead atoms. The number of hydrogen-bond donors (Lipinski definition) is 1. The van der Waals surface area contributed by atoms with Crippen LogP contribution in [-0.4, -0.2) is 88.7 Å². The van der Waals surface area contributed by atoms with Crippen molar-refractivity contribution in [1.29, 1.82) is 0 Å². The normalized spacial score (nSPS) is 19.4. The maximum absolute atomic E-state index is 16.4. The van der Waals surface area contributed by atoms with Crippen molar-refractivity contribution in [3.05, 3.63) is 53.6 Å². The zero-order valence-electron chi connectivity index (χ0n) is 23.0. The highest BCUT2D eigenvalue weighted by Gasteiger charge is 2.36. The van der Waals surface area contributed by atoms with Crippen LogP contribution in [0.3, 0.4) is 0 Å². The molecule has 1 amide bonds. The second-order valence-electron chi connectivity index (χ2n) is 10.6. The van der Waals surface area contributed by atoms with E-state index in [9.17, 15) is 14.3 Å². The minimum absolute atomic E-state index is 0. The zero-order chi connectivity index (χ0) is 28.9. The topological polar surface area (TPSA) is 76.0 Å². The fraction of sp³-hybridized carbons (Fsp3) is 0.433. The number of aromatic hydroxyl groups is 1. The average molecular weight is 587 g/mol. The highest BCUT2D eigenvalue weighted by Crippen LogP contribution is 2.43. The van der Waals surface area contributed by atoms with Crippen LogP contribution in [0.1, 0.15) is 28.2 Å². The summed E-state index contributed by atoms with van der Waals surface area (Å²) in [5, 5.41) is 10.7. The maximum Gasteiger partial charge on any atom is 0.246 e. The van der Waals surface area contributed by atoms with Gasteiger partial charge in [0.05, 0.1) is 10.6 Å². The van der Waals surface area contributed by atoms with Crippen LogP contribution in [0.2, 0.25) is 5.02 Å². The smallest absolute Gasteiger partial charge is 0.246 e. The number of benzene rings is 2. The number of hydrogen-bond acceptors (Lipinski definition) is 7. The Labute approximate surface area is 244 Å². The van der Waals surface area contributed by atoms with Crippen LogP contribution in [0.25, 0.3) is 22.0 Å². The lowest BCUT2D eigenvalue weighted by atomic mass is 10.00. The standard InChI is InChI=1S/C29H33ClF2N6O2.CH4/c1-6-23(40)37-12-17(4)38(13-16(37)3)28-19-11-20(30)24(25-21(31)9-8-10-22(25)39)26(32)27(19)33-29(34-28)36-14-18(15-36)35(5)7-2;/h6,8-11,16-18,39H,1,7,12-15H2,2-5H3;1H4/t16-,17+;/m1./s1. The third-order valence-electron chi connectivity index (χ3n) is 8.08. The molecule has 41 heavy (non-hydrogen) atoms. The van der Waals surface area contributed by atoms with E-state index in [1.165, 1.54) is 24.3 Å². The molecule has 3 aromatic rings. The molecular formula is C30H37ClF2N6O2. The van der Waals surface area contributed by atoms with Gasteiger partial charge in [-0.1, -0.05) is 38.6 Å². The molecule has 0 saturated carbocycles. The molecule has 0 spiro atoms. The molecule has 1 N–H and O–H groups in total. The lowest BCUT2D eigenvalue weighted by Crippen LogP contribution is -2.59. The molecule has 2 aromatic carbocycles. The van der Waals surface area contributed by atoms with Crippen molar-refractivity contribution >= 4 is 40.2 Å². The summed E-state index contributed by atoms with van der Waals surface area (Å²) in [6.45, 7) is 12.8. The number of rotatable bonds is 6. The second kappa shape index (κ2) is 11.8. The number of nitrogens with zero attached hydrogens (tertiary/aromatic N) is 6. The zero-order valence-corrected chi connectivity index (χ0v) is 23.8.